The van der Waals surface area contributed by atoms with Crippen LogP contribution in [0, 0.1) is 0 Å². The first-order valence-electron chi connectivity index (χ1n) is 8.50. The van der Waals surface area contributed by atoms with Gasteiger partial charge in [-0.05, 0) is 25.7 Å². The van der Waals surface area contributed by atoms with Crippen LogP contribution >= 0.6 is 34.8 Å². The molecule has 0 heterocycles. The highest BCUT2D eigenvalue weighted by Gasteiger charge is 2.02. The summed E-state index contributed by atoms with van der Waals surface area (Å²) >= 11 is 14.2. The minimum absolute atomic E-state index is 0.187. The first-order chi connectivity index (χ1) is 14.8. The second-order valence-corrected chi connectivity index (χ2v) is 5.37. The molecule has 0 saturated carbocycles. The summed E-state index contributed by atoms with van der Waals surface area (Å²) in [5.41, 5.74) is -0.856. The van der Waals surface area contributed by atoms with Crippen LogP contribution in [0.15, 0.2) is 38.5 Å². The molecule has 0 atom stereocenters. The van der Waals surface area contributed by atoms with E-state index in [9.17, 15) is 14.4 Å². The lowest BCUT2D eigenvalue weighted by Gasteiger charge is -2.03. The molecule has 0 aromatic rings. The van der Waals surface area contributed by atoms with Crippen LogP contribution in [0.2, 0.25) is 0 Å². The minimum atomic E-state index is -0.856. The topological polar surface area (TPSA) is 138 Å². The van der Waals surface area contributed by atoms with Gasteiger partial charge in [0.05, 0.1) is 37.3 Å². The maximum absolute atomic E-state index is 10.6. The molecule has 0 aliphatic rings. The van der Waals surface area contributed by atoms with E-state index >= 15 is 0 Å². The predicted molar refractivity (Wildman–Crippen MR) is 117 cm³/mol. The van der Waals surface area contributed by atoms with E-state index in [2.05, 4.69) is 55.0 Å². The smallest absolute Gasteiger partial charge is 0.434 e. The lowest BCUT2D eigenvalue weighted by Crippen LogP contribution is -2.08. The zero-order chi connectivity index (χ0) is 24.8. The first-order valence-corrected chi connectivity index (χ1v) is 9.95. The monoisotopic (exact) mass is 510 g/mol. The van der Waals surface area contributed by atoms with Crippen molar-refractivity contribution in [1.82, 2.24) is 0 Å². The second-order valence-electron chi connectivity index (χ2n) is 4.25. The first kappa shape index (κ1) is 36.4. The number of alkyl halides is 2. The molecule has 0 unspecified atom stereocenters. The van der Waals surface area contributed by atoms with Gasteiger partial charge in [-0.3, -0.25) is 0 Å². The lowest BCUT2D eigenvalue weighted by atomic mass is 10.3. The van der Waals surface area contributed by atoms with Gasteiger partial charge in [0.15, 0.2) is 0 Å². The third kappa shape index (κ3) is 52.4. The number of unbranched alkanes of at least 4 members (excludes halogenated alkanes) is 2. The fourth-order valence-corrected chi connectivity index (χ4v) is 1.07. The van der Waals surface area contributed by atoms with E-state index in [0.29, 0.717) is 12.8 Å². The Morgan fingerprint density at radius 1 is 0.710 bits per heavy atom. The van der Waals surface area contributed by atoms with Crippen LogP contribution in [0.25, 0.3) is 0 Å². The molecule has 0 rings (SSSR count). The van der Waals surface area contributed by atoms with Crippen molar-refractivity contribution in [2.24, 2.45) is 0 Å². The largest absolute Gasteiger partial charge is 0.513 e. The third-order valence-corrected chi connectivity index (χ3v) is 2.17. The summed E-state index contributed by atoms with van der Waals surface area (Å²) in [6, 6.07) is 0. The van der Waals surface area contributed by atoms with E-state index in [4.69, 9.17) is 33.4 Å². The maximum atomic E-state index is 10.6. The summed E-state index contributed by atoms with van der Waals surface area (Å²) in [6.45, 7) is 10.2. The molecule has 2 N–H and O–H groups in total. The van der Waals surface area contributed by atoms with Crippen molar-refractivity contribution in [3.63, 3.8) is 0 Å². The number of ether oxygens (including phenoxy) is 5. The van der Waals surface area contributed by atoms with Gasteiger partial charge in [-0.15, -0.1) is 23.2 Å². The van der Waals surface area contributed by atoms with Crippen LogP contribution in [-0.4, -0.2) is 59.7 Å². The molecule has 0 fully saturated rings. The Bertz CT molecular complexity index is 432. The lowest BCUT2D eigenvalue weighted by molar-refractivity contribution is 0.0710. The number of rotatable bonds is 11. The average Bonchev–Trinajstić information content (AvgIpc) is 2.71. The molecule has 0 radical (unpaired) electrons. The fourth-order valence-electron chi connectivity index (χ4n) is 1.01. The van der Waals surface area contributed by atoms with Gasteiger partial charge in [-0.1, -0.05) is 19.7 Å². The molecule has 0 bridgehead atoms. The summed E-state index contributed by atoms with van der Waals surface area (Å²) in [7, 11) is 0. The number of carbonyl (C=O) groups is 3. The van der Waals surface area contributed by atoms with Crippen molar-refractivity contribution in [3.05, 3.63) is 38.5 Å². The summed E-state index contributed by atoms with van der Waals surface area (Å²) < 4.78 is 21.8. The van der Waals surface area contributed by atoms with Gasteiger partial charge in [0.1, 0.15) is 0 Å². The number of hydrogen-bond acceptors (Lipinski definition) is 10. The van der Waals surface area contributed by atoms with Crippen molar-refractivity contribution in [1.29, 1.82) is 0 Å². The average molecular weight is 512 g/mol. The molecule has 31 heavy (non-hydrogen) atoms. The Labute approximate surface area is 196 Å². The van der Waals surface area contributed by atoms with Crippen LogP contribution in [0.1, 0.15) is 25.7 Å². The number of carbonyl (C=O) groups excluding carboxylic acids is 3. The van der Waals surface area contributed by atoms with E-state index in [0.717, 1.165) is 31.6 Å². The summed E-state index contributed by atoms with van der Waals surface area (Å²) in [4.78, 5) is 30.8. The molecule has 10 nitrogen and oxygen atoms in total. The van der Waals surface area contributed by atoms with Crippen molar-refractivity contribution >= 4 is 52.5 Å². The minimum Gasteiger partial charge on any atom is -0.434 e. The van der Waals surface area contributed by atoms with Crippen molar-refractivity contribution < 1.29 is 48.3 Å². The zero-order valence-corrected chi connectivity index (χ0v) is 19.3. The van der Waals surface area contributed by atoms with Gasteiger partial charge in [0.25, 0.3) is 0 Å². The number of halogens is 3. The summed E-state index contributed by atoms with van der Waals surface area (Å²) in [5.74, 6) is 0. The Kier molecular flexibility index (Phi) is 41.6. The van der Waals surface area contributed by atoms with Crippen LogP contribution in [0.4, 0.5) is 14.4 Å². The number of hydrogen-bond donors (Lipinski definition) is 2. The Morgan fingerprint density at radius 3 is 1.23 bits per heavy atom. The Balaban J connectivity index is -0.000000199. The highest BCUT2D eigenvalue weighted by atomic mass is 35.5. The fraction of sp³-hybridized carbons (Fsp3) is 0.500. The highest BCUT2D eigenvalue weighted by molar-refractivity contribution is 6.61. The molecule has 0 aliphatic carbocycles. The summed E-state index contributed by atoms with van der Waals surface area (Å²) in [5, 5.41) is 16.4. The van der Waals surface area contributed by atoms with Crippen LogP contribution < -0.4 is 0 Å². The summed E-state index contributed by atoms with van der Waals surface area (Å²) in [6.07, 6.45) is 3.86. The molecule has 0 amide bonds. The van der Waals surface area contributed by atoms with Crippen LogP contribution in [-0.2, 0) is 23.7 Å². The van der Waals surface area contributed by atoms with Crippen LogP contribution in [0.3, 0.4) is 0 Å². The van der Waals surface area contributed by atoms with Gasteiger partial charge in [0.2, 0.25) is 0 Å². The van der Waals surface area contributed by atoms with E-state index in [-0.39, 0.29) is 31.8 Å². The van der Waals surface area contributed by atoms with E-state index in [1.54, 1.807) is 0 Å². The standard InChI is InChI=1S/C10H14O6.C4H10O2.C3H3ClO2.CH2Cl2/c1-3-13-9(11)15-7-5-6-8-16-10(12)14-4-2;5-3-1-2-4-6;1-2-6-3(4)5;2-1-3/h3-4H,1-2,5-8H2;5-6H,1-4H2;2H,1H2;1H2. The van der Waals surface area contributed by atoms with Crippen LogP contribution in [0.5, 0.6) is 0 Å². The molecule has 0 aromatic heterocycles. The molecule has 182 valence electrons. The molecule has 0 aliphatic heterocycles. The molecule has 0 aromatic carbocycles. The molecular formula is C18H29Cl3O10. The quantitative estimate of drug-likeness (QED) is 0.0968. The van der Waals surface area contributed by atoms with Gasteiger partial charge in [0, 0.05) is 24.8 Å². The van der Waals surface area contributed by atoms with Crippen molar-refractivity contribution in [2.75, 3.05) is 31.8 Å². The highest BCUT2D eigenvalue weighted by Crippen LogP contribution is 1.95. The van der Waals surface area contributed by atoms with Gasteiger partial charge >= 0.3 is 17.7 Å². The Hall–Kier alpha value is -1.98. The van der Waals surface area contributed by atoms with Gasteiger partial charge < -0.3 is 33.9 Å². The van der Waals surface area contributed by atoms with Crippen molar-refractivity contribution in [2.45, 2.75) is 25.7 Å². The van der Waals surface area contributed by atoms with E-state index < -0.39 is 17.7 Å². The second kappa shape index (κ2) is 35.5. The van der Waals surface area contributed by atoms with Gasteiger partial charge in [-0.2, -0.15) is 0 Å². The molecular weight excluding hydrogens is 483 g/mol. The predicted octanol–water partition coefficient (Wildman–Crippen LogP) is 5.04. The molecule has 0 spiro atoms. The van der Waals surface area contributed by atoms with Crippen molar-refractivity contribution in [3.8, 4) is 0 Å². The molecule has 13 heteroatoms. The number of aliphatic hydroxyl groups excluding tert-OH is 2. The Morgan fingerprint density at radius 2 is 1.03 bits per heavy atom. The van der Waals surface area contributed by atoms with E-state index in [1.807, 2.05) is 0 Å². The van der Waals surface area contributed by atoms with Gasteiger partial charge in [-0.25, -0.2) is 14.4 Å². The number of aliphatic hydroxyl groups is 2. The molecule has 0 saturated heterocycles. The maximum Gasteiger partial charge on any atom is 0.513 e. The third-order valence-electron chi connectivity index (χ3n) is 2.08. The normalized spacial score (nSPS) is 8.16. The van der Waals surface area contributed by atoms with E-state index in [1.165, 1.54) is 0 Å². The SMILES string of the molecule is C=COC(=O)Cl.C=COC(=O)OCCCCOC(=O)OC=C.ClCCl.OCCCCO. The zero-order valence-electron chi connectivity index (χ0n) is 17.0.